The van der Waals surface area contributed by atoms with E-state index in [0.29, 0.717) is 30.1 Å². The van der Waals surface area contributed by atoms with Crippen LogP contribution in [0.5, 0.6) is 0 Å². The maximum absolute atomic E-state index is 12.5. The summed E-state index contributed by atoms with van der Waals surface area (Å²) >= 11 is 7.61. The highest BCUT2D eigenvalue weighted by Crippen LogP contribution is 2.32. The Balaban J connectivity index is 1.86. The first-order valence-electron chi connectivity index (χ1n) is 7.19. The van der Waals surface area contributed by atoms with Gasteiger partial charge in [-0.2, -0.15) is 11.3 Å². The first-order chi connectivity index (χ1) is 11.1. The zero-order valence-corrected chi connectivity index (χ0v) is 13.7. The van der Waals surface area contributed by atoms with Crippen molar-refractivity contribution in [2.75, 3.05) is 11.9 Å². The fraction of sp³-hybridized carbons (Fsp3) is 0.250. The summed E-state index contributed by atoms with van der Waals surface area (Å²) in [5.41, 5.74) is 2.42. The number of carbonyl (C=O) groups excluding carboxylic acids is 1. The molecule has 0 bridgehead atoms. The van der Waals surface area contributed by atoms with Gasteiger partial charge in [-0.1, -0.05) is 17.7 Å². The highest BCUT2D eigenvalue weighted by molar-refractivity contribution is 7.08. The Hall–Kier alpha value is -2.05. The van der Waals surface area contributed by atoms with E-state index in [-0.39, 0.29) is 0 Å². The van der Waals surface area contributed by atoms with Crippen LogP contribution in [0.25, 0.3) is 11.1 Å². The molecule has 1 atom stereocenters. The molecule has 1 saturated heterocycles. The molecule has 0 spiro atoms. The van der Waals surface area contributed by atoms with Crippen molar-refractivity contribution in [2.24, 2.45) is 0 Å². The number of carboxylic acid groups (broad SMARTS) is 1. The molecule has 1 aliphatic heterocycles. The second-order valence-electron chi connectivity index (χ2n) is 5.32. The van der Waals surface area contributed by atoms with Gasteiger partial charge < -0.3 is 15.3 Å². The van der Waals surface area contributed by atoms with Crippen molar-refractivity contribution < 1.29 is 14.7 Å². The lowest BCUT2D eigenvalue weighted by atomic mass is 10.1. The summed E-state index contributed by atoms with van der Waals surface area (Å²) in [7, 11) is 0. The van der Waals surface area contributed by atoms with Crippen LogP contribution in [0.4, 0.5) is 10.5 Å². The minimum atomic E-state index is -0.971. The number of benzene rings is 1. The smallest absolute Gasteiger partial charge is 0.326 e. The Morgan fingerprint density at radius 3 is 2.87 bits per heavy atom. The van der Waals surface area contributed by atoms with Gasteiger partial charge in [0.25, 0.3) is 0 Å². The number of carboxylic acids is 1. The molecule has 2 aromatic rings. The molecule has 2 N–H and O–H groups in total. The monoisotopic (exact) mass is 350 g/mol. The number of halogens is 1. The molecule has 1 aromatic carbocycles. The van der Waals surface area contributed by atoms with Gasteiger partial charge in [0.05, 0.1) is 5.69 Å². The lowest BCUT2D eigenvalue weighted by Crippen LogP contribution is -2.42. The van der Waals surface area contributed by atoms with Gasteiger partial charge in [0.1, 0.15) is 6.04 Å². The van der Waals surface area contributed by atoms with Crippen LogP contribution in [0.3, 0.4) is 0 Å². The van der Waals surface area contributed by atoms with Crippen LogP contribution in [-0.2, 0) is 4.79 Å². The van der Waals surface area contributed by atoms with Gasteiger partial charge in [-0.3, -0.25) is 0 Å². The van der Waals surface area contributed by atoms with Crippen molar-refractivity contribution in [1.29, 1.82) is 0 Å². The molecule has 23 heavy (non-hydrogen) atoms. The number of hydrogen-bond donors (Lipinski definition) is 2. The Morgan fingerprint density at radius 1 is 1.35 bits per heavy atom. The number of urea groups is 1. The third-order valence-corrected chi connectivity index (χ3v) is 4.77. The lowest BCUT2D eigenvalue weighted by Gasteiger charge is -2.22. The number of aliphatic carboxylic acids is 1. The van der Waals surface area contributed by atoms with Crippen molar-refractivity contribution in [2.45, 2.75) is 18.9 Å². The molecule has 0 saturated carbocycles. The van der Waals surface area contributed by atoms with Crippen molar-refractivity contribution in [3.8, 4) is 11.1 Å². The zero-order chi connectivity index (χ0) is 16.4. The Bertz CT molecular complexity index is 733. The number of hydrogen-bond acceptors (Lipinski definition) is 3. The number of amides is 2. The minimum Gasteiger partial charge on any atom is -0.480 e. The van der Waals surface area contributed by atoms with E-state index in [0.717, 1.165) is 11.1 Å². The van der Waals surface area contributed by atoms with Crippen molar-refractivity contribution in [3.05, 3.63) is 40.0 Å². The van der Waals surface area contributed by atoms with Crippen LogP contribution in [0.15, 0.2) is 35.0 Å². The molecule has 5 nitrogen and oxygen atoms in total. The fourth-order valence-electron chi connectivity index (χ4n) is 2.74. The molecule has 3 rings (SSSR count). The zero-order valence-electron chi connectivity index (χ0n) is 12.2. The quantitative estimate of drug-likeness (QED) is 0.873. The lowest BCUT2D eigenvalue weighted by molar-refractivity contribution is -0.141. The third-order valence-electron chi connectivity index (χ3n) is 3.85. The van der Waals surface area contributed by atoms with E-state index in [1.54, 1.807) is 23.5 Å². The molecular formula is C16H15ClN2O3S. The van der Waals surface area contributed by atoms with Gasteiger partial charge in [0, 0.05) is 17.1 Å². The van der Waals surface area contributed by atoms with Gasteiger partial charge in [0.2, 0.25) is 0 Å². The molecule has 0 aliphatic carbocycles. The average Bonchev–Trinajstić information content (AvgIpc) is 3.19. The molecule has 1 fully saturated rings. The summed E-state index contributed by atoms with van der Waals surface area (Å²) in [5, 5.41) is 16.5. The maximum Gasteiger partial charge on any atom is 0.326 e. The molecule has 2 amide bonds. The number of rotatable bonds is 3. The molecule has 2 heterocycles. The Kier molecular flexibility index (Phi) is 4.54. The third kappa shape index (κ3) is 3.33. The molecule has 1 unspecified atom stereocenters. The SMILES string of the molecule is O=C(O)C1CCCN1C(=O)Nc1cc(Cl)ccc1-c1ccsc1. The molecule has 0 radical (unpaired) electrons. The van der Waals surface area contributed by atoms with Gasteiger partial charge in [-0.25, -0.2) is 9.59 Å². The van der Waals surface area contributed by atoms with E-state index in [4.69, 9.17) is 11.6 Å². The second kappa shape index (κ2) is 6.60. The van der Waals surface area contributed by atoms with Gasteiger partial charge >= 0.3 is 12.0 Å². The summed E-state index contributed by atoms with van der Waals surface area (Å²) in [4.78, 5) is 25.1. The van der Waals surface area contributed by atoms with Crippen molar-refractivity contribution in [1.82, 2.24) is 4.90 Å². The highest BCUT2D eigenvalue weighted by atomic mass is 35.5. The molecular weight excluding hydrogens is 336 g/mol. The largest absolute Gasteiger partial charge is 0.480 e. The fourth-order valence-corrected chi connectivity index (χ4v) is 3.57. The molecule has 1 aliphatic rings. The minimum absolute atomic E-state index is 0.409. The van der Waals surface area contributed by atoms with Crippen LogP contribution >= 0.6 is 22.9 Å². The van der Waals surface area contributed by atoms with Crippen molar-refractivity contribution >= 4 is 40.6 Å². The normalized spacial score (nSPS) is 17.3. The van der Waals surface area contributed by atoms with Crippen LogP contribution in [0, 0.1) is 0 Å². The van der Waals surface area contributed by atoms with E-state index in [2.05, 4.69) is 5.32 Å². The van der Waals surface area contributed by atoms with E-state index in [1.165, 1.54) is 4.90 Å². The number of thiophene rings is 1. The van der Waals surface area contributed by atoms with E-state index < -0.39 is 18.0 Å². The first-order valence-corrected chi connectivity index (χ1v) is 8.51. The number of nitrogens with zero attached hydrogens (tertiary/aromatic N) is 1. The van der Waals surface area contributed by atoms with Gasteiger partial charge in [-0.05, 0) is 47.4 Å². The Morgan fingerprint density at radius 2 is 2.17 bits per heavy atom. The standard InChI is InChI=1S/C16H15ClN2O3S/c17-11-3-4-12(10-5-7-23-9-10)13(8-11)18-16(22)19-6-1-2-14(19)15(20)21/h3-5,7-9,14H,1-2,6H2,(H,18,22)(H,20,21). The average molecular weight is 351 g/mol. The number of likely N-dealkylation sites (tertiary alicyclic amines) is 1. The summed E-state index contributed by atoms with van der Waals surface area (Å²) in [5.74, 6) is -0.971. The number of nitrogens with one attached hydrogen (secondary N) is 1. The number of carbonyl (C=O) groups is 2. The summed E-state index contributed by atoms with van der Waals surface area (Å²) in [6, 6.07) is 6.07. The van der Waals surface area contributed by atoms with Crippen molar-refractivity contribution in [3.63, 3.8) is 0 Å². The molecule has 1 aromatic heterocycles. The summed E-state index contributed by atoms with van der Waals surface area (Å²) < 4.78 is 0. The van der Waals surface area contributed by atoms with E-state index >= 15 is 0 Å². The predicted octanol–water partition coefficient (Wildman–Crippen LogP) is 4.15. The second-order valence-corrected chi connectivity index (χ2v) is 6.54. The maximum atomic E-state index is 12.5. The Labute approximate surface area is 142 Å². The van der Waals surface area contributed by atoms with E-state index in [9.17, 15) is 14.7 Å². The first kappa shape index (κ1) is 15.8. The topological polar surface area (TPSA) is 69.6 Å². The predicted molar refractivity (Wildman–Crippen MR) is 91.1 cm³/mol. The number of anilines is 1. The van der Waals surface area contributed by atoms with Crippen LogP contribution < -0.4 is 5.32 Å². The van der Waals surface area contributed by atoms with Crippen LogP contribution in [0.1, 0.15) is 12.8 Å². The molecule has 120 valence electrons. The van der Waals surface area contributed by atoms with Crippen LogP contribution in [0.2, 0.25) is 5.02 Å². The summed E-state index contributed by atoms with van der Waals surface area (Å²) in [6.45, 7) is 0.442. The van der Waals surface area contributed by atoms with Gasteiger partial charge in [0.15, 0.2) is 0 Å². The van der Waals surface area contributed by atoms with Gasteiger partial charge in [-0.15, -0.1) is 0 Å². The highest BCUT2D eigenvalue weighted by Gasteiger charge is 2.34. The molecule has 7 heteroatoms. The summed E-state index contributed by atoms with van der Waals surface area (Å²) in [6.07, 6.45) is 1.17. The van der Waals surface area contributed by atoms with E-state index in [1.807, 2.05) is 22.9 Å². The van der Waals surface area contributed by atoms with Crippen LogP contribution in [-0.4, -0.2) is 34.6 Å².